The molecule has 2 N–H and O–H groups in total. The van der Waals surface area contributed by atoms with E-state index in [2.05, 4.69) is 20.7 Å². The fourth-order valence-electron chi connectivity index (χ4n) is 3.28. The van der Waals surface area contributed by atoms with Crippen LogP contribution < -0.4 is 10.6 Å². The Kier molecular flexibility index (Phi) is 6.35. The molecular weight excluding hydrogens is 330 g/mol. The van der Waals surface area contributed by atoms with Crippen LogP contribution in [0, 0.1) is 5.92 Å². The molecule has 1 aliphatic carbocycles. The third kappa shape index (κ3) is 5.40. The average Bonchev–Trinajstić information content (AvgIpc) is 3.21. The number of benzene rings is 1. The van der Waals surface area contributed by atoms with Crippen molar-refractivity contribution in [2.24, 2.45) is 5.92 Å². The van der Waals surface area contributed by atoms with Crippen molar-refractivity contribution in [1.82, 2.24) is 25.4 Å². The lowest BCUT2D eigenvalue weighted by atomic mass is 9.87. The zero-order chi connectivity index (χ0) is 18.2. The SMILES string of the molecule is O=C(CNC(=O)CC1CCCCC1)NCc1ccc(-n2cncn2)cc1. The highest BCUT2D eigenvalue weighted by molar-refractivity contribution is 5.84. The second-order valence-corrected chi connectivity index (χ2v) is 6.77. The van der Waals surface area contributed by atoms with E-state index in [0.29, 0.717) is 18.9 Å². The lowest BCUT2D eigenvalue weighted by Crippen LogP contribution is -2.37. The van der Waals surface area contributed by atoms with Crippen molar-refractivity contribution in [3.63, 3.8) is 0 Å². The monoisotopic (exact) mass is 355 g/mol. The molecule has 0 radical (unpaired) electrons. The van der Waals surface area contributed by atoms with Gasteiger partial charge < -0.3 is 10.6 Å². The van der Waals surface area contributed by atoms with E-state index in [0.717, 1.165) is 24.1 Å². The van der Waals surface area contributed by atoms with Gasteiger partial charge in [0, 0.05) is 13.0 Å². The van der Waals surface area contributed by atoms with Gasteiger partial charge in [0.2, 0.25) is 11.8 Å². The van der Waals surface area contributed by atoms with Crippen LogP contribution in [-0.4, -0.2) is 33.1 Å². The molecule has 1 aromatic heterocycles. The standard InChI is InChI=1S/C19H25N5O2/c25-18(10-15-4-2-1-3-5-15)22-12-19(26)21-11-16-6-8-17(9-7-16)24-14-20-13-23-24/h6-9,13-15H,1-5,10-12H2,(H,21,26)(H,22,25). The molecule has 0 spiro atoms. The summed E-state index contributed by atoms with van der Waals surface area (Å²) in [4.78, 5) is 27.8. The summed E-state index contributed by atoms with van der Waals surface area (Å²) in [5.41, 5.74) is 1.89. The average molecular weight is 355 g/mol. The van der Waals surface area contributed by atoms with Crippen molar-refractivity contribution in [3.05, 3.63) is 42.5 Å². The van der Waals surface area contributed by atoms with E-state index in [1.165, 1.54) is 25.6 Å². The van der Waals surface area contributed by atoms with E-state index in [1.807, 2.05) is 24.3 Å². The summed E-state index contributed by atoms with van der Waals surface area (Å²) in [6, 6.07) is 7.70. The highest BCUT2D eigenvalue weighted by atomic mass is 16.2. The van der Waals surface area contributed by atoms with Gasteiger partial charge in [-0.2, -0.15) is 5.10 Å². The number of nitrogens with zero attached hydrogens (tertiary/aromatic N) is 3. The predicted octanol–water partition coefficient (Wildman–Crippen LogP) is 1.97. The highest BCUT2D eigenvalue weighted by Crippen LogP contribution is 2.25. The summed E-state index contributed by atoms with van der Waals surface area (Å²) in [5.74, 6) is 0.280. The Labute approximate surface area is 153 Å². The van der Waals surface area contributed by atoms with Crippen LogP contribution in [-0.2, 0) is 16.1 Å². The van der Waals surface area contributed by atoms with E-state index >= 15 is 0 Å². The Morgan fingerprint density at radius 1 is 1.04 bits per heavy atom. The Morgan fingerprint density at radius 2 is 1.81 bits per heavy atom. The van der Waals surface area contributed by atoms with Gasteiger partial charge in [-0.15, -0.1) is 0 Å². The smallest absolute Gasteiger partial charge is 0.239 e. The van der Waals surface area contributed by atoms with E-state index < -0.39 is 0 Å². The van der Waals surface area contributed by atoms with Crippen LogP contribution in [0.2, 0.25) is 0 Å². The lowest BCUT2D eigenvalue weighted by molar-refractivity contribution is -0.126. The highest BCUT2D eigenvalue weighted by Gasteiger charge is 2.17. The summed E-state index contributed by atoms with van der Waals surface area (Å²) >= 11 is 0. The Morgan fingerprint density at radius 3 is 2.50 bits per heavy atom. The van der Waals surface area contributed by atoms with Gasteiger partial charge in [0.05, 0.1) is 12.2 Å². The Balaban J connectivity index is 1.36. The van der Waals surface area contributed by atoms with Gasteiger partial charge in [0.25, 0.3) is 0 Å². The second kappa shape index (κ2) is 9.12. The molecule has 0 aliphatic heterocycles. The number of amides is 2. The van der Waals surface area contributed by atoms with E-state index in [4.69, 9.17) is 0 Å². The number of rotatable bonds is 7. The maximum Gasteiger partial charge on any atom is 0.239 e. The molecule has 1 fully saturated rings. The molecule has 2 aromatic rings. The van der Waals surface area contributed by atoms with Crippen LogP contribution in [0.5, 0.6) is 0 Å². The number of nitrogens with one attached hydrogen (secondary N) is 2. The van der Waals surface area contributed by atoms with Crippen molar-refractivity contribution in [1.29, 1.82) is 0 Å². The zero-order valence-electron chi connectivity index (χ0n) is 14.9. The van der Waals surface area contributed by atoms with Gasteiger partial charge in [-0.3, -0.25) is 9.59 Å². The summed E-state index contributed by atoms with van der Waals surface area (Å²) in [7, 11) is 0. The number of hydrogen-bond acceptors (Lipinski definition) is 4. The normalized spacial score (nSPS) is 14.8. The van der Waals surface area contributed by atoms with Crippen LogP contribution in [0.1, 0.15) is 44.1 Å². The first-order valence-corrected chi connectivity index (χ1v) is 9.18. The zero-order valence-corrected chi connectivity index (χ0v) is 14.9. The van der Waals surface area contributed by atoms with Crippen LogP contribution in [0.25, 0.3) is 5.69 Å². The molecule has 0 unspecified atom stereocenters. The van der Waals surface area contributed by atoms with Gasteiger partial charge >= 0.3 is 0 Å². The molecule has 138 valence electrons. The van der Waals surface area contributed by atoms with Gasteiger partial charge in [0.15, 0.2) is 0 Å². The van der Waals surface area contributed by atoms with Gasteiger partial charge in [-0.25, -0.2) is 9.67 Å². The lowest BCUT2D eigenvalue weighted by Gasteiger charge is -2.20. The van der Waals surface area contributed by atoms with Crippen molar-refractivity contribution in [2.45, 2.75) is 45.1 Å². The van der Waals surface area contributed by atoms with Crippen LogP contribution in [0.4, 0.5) is 0 Å². The maximum atomic E-state index is 11.9. The molecule has 1 aliphatic rings. The fourth-order valence-corrected chi connectivity index (χ4v) is 3.28. The molecule has 7 heteroatoms. The molecule has 0 atom stereocenters. The van der Waals surface area contributed by atoms with E-state index in [9.17, 15) is 9.59 Å². The van der Waals surface area contributed by atoms with Crippen molar-refractivity contribution in [2.75, 3.05) is 6.54 Å². The van der Waals surface area contributed by atoms with E-state index in [1.54, 1.807) is 11.0 Å². The first kappa shape index (κ1) is 18.1. The third-order valence-electron chi connectivity index (χ3n) is 4.75. The summed E-state index contributed by atoms with van der Waals surface area (Å²) in [6.45, 7) is 0.456. The van der Waals surface area contributed by atoms with E-state index in [-0.39, 0.29) is 18.4 Å². The quantitative estimate of drug-likeness (QED) is 0.795. The minimum atomic E-state index is -0.178. The van der Waals surface area contributed by atoms with Crippen LogP contribution >= 0.6 is 0 Å². The molecule has 0 saturated heterocycles. The molecule has 26 heavy (non-hydrogen) atoms. The van der Waals surface area contributed by atoms with Crippen molar-refractivity contribution in [3.8, 4) is 5.69 Å². The van der Waals surface area contributed by atoms with Crippen molar-refractivity contribution >= 4 is 11.8 Å². The minimum Gasteiger partial charge on any atom is -0.350 e. The number of carbonyl (C=O) groups excluding carboxylic acids is 2. The van der Waals surface area contributed by atoms with Gasteiger partial charge in [-0.05, 0) is 36.5 Å². The maximum absolute atomic E-state index is 11.9. The van der Waals surface area contributed by atoms with Crippen LogP contribution in [0.15, 0.2) is 36.9 Å². The Hall–Kier alpha value is -2.70. The van der Waals surface area contributed by atoms with Crippen molar-refractivity contribution < 1.29 is 9.59 Å². The molecule has 1 heterocycles. The Bertz CT molecular complexity index is 706. The fraction of sp³-hybridized carbons (Fsp3) is 0.474. The molecule has 1 aromatic carbocycles. The molecule has 0 bridgehead atoms. The molecular formula is C19H25N5O2. The van der Waals surface area contributed by atoms with Crippen LogP contribution in [0.3, 0.4) is 0 Å². The number of carbonyl (C=O) groups is 2. The van der Waals surface area contributed by atoms with Gasteiger partial charge in [-0.1, -0.05) is 31.4 Å². The predicted molar refractivity (Wildman–Crippen MR) is 97.4 cm³/mol. The first-order valence-electron chi connectivity index (χ1n) is 9.18. The molecule has 7 nitrogen and oxygen atoms in total. The topological polar surface area (TPSA) is 88.9 Å². The molecule has 3 rings (SSSR count). The van der Waals surface area contributed by atoms with Gasteiger partial charge in [0.1, 0.15) is 12.7 Å². The number of hydrogen-bond donors (Lipinski definition) is 2. The summed E-state index contributed by atoms with van der Waals surface area (Å²) in [6.07, 6.45) is 9.62. The molecule has 1 saturated carbocycles. The summed E-state index contributed by atoms with van der Waals surface area (Å²) < 4.78 is 1.67. The second-order valence-electron chi connectivity index (χ2n) is 6.77. The summed E-state index contributed by atoms with van der Waals surface area (Å²) in [5, 5.41) is 9.62. The minimum absolute atomic E-state index is 0.0239. The molecule has 2 amide bonds. The largest absolute Gasteiger partial charge is 0.350 e. The first-order chi connectivity index (χ1) is 12.7. The number of aromatic nitrogens is 3. The third-order valence-corrected chi connectivity index (χ3v) is 4.75.